The molecule has 3 aromatic rings. The lowest BCUT2D eigenvalue weighted by atomic mass is 9.81. The summed E-state index contributed by atoms with van der Waals surface area (Å²) in [6.07, 6.45) is -0.305. The Morgan fingerprint density at radius 2 is 1.56 bits per heavy atom. The van der Waals surface area contributed by atoms with Crippen LogP contribution in [0.5, 0.6) is 0 Å². The van der Waals surface area contributed by atoms with Crippen molar-refractivity contribution in [2.45, 2.75) is 38.5 Å². The van der Waals surface area contributed by atoms with Crippen LogP contribution in [0.2, 0.25) is 0 Å². The number of esters is 1. The second kappa shape index (κ2) is 10.7. The van der Waals surface area contributed by atoms with Gasteiger partial charge in [0, 0.05) is 18.5 Å². The van der Waals surface area contributed by atoms with Gasteiger partial charge in [0.25, 0.3) is 0 Å². The van der Waals surface area contributed by atoms with Crippen molar-refractivity contribution >= 4 is 11.9 Å². The van der Waals surface area contributed by atoms with E-state index in [1.807, 2.05) is 98.8 Å². The molecule has 166 valence electrons. The van der Waals surface area contributed by atoms with Gasteiger partial charge in [-0.2, -0.15) is 0 Å². The van der Waals surface area contributed by atoms with Crippen LogP contribution in [0.15, 0.2) is 89.9 Å². The lowest BCUT2D eigenvalue weighted by molar-refractivity contribution is -0.150. The zero-order valence-corrected chi connectivity index (χ0v) is 18.8. The van der Waals surface area contributed by atoms with Gasteiger partial charge in [-0.25, -0.2) is 9.79 Å². The van der Waals surface area contributed by atoms with E-state index in [1.165, 1.54) is 7.11 Å². The molecule has 1 aliphatic rings. The van der Waals surface area contributed by atoms with Gasteiger partial charge < -0.3 is 15.2 Å². The maximum Gasteiger partial charge on any atom is 0.338 e. The number of aliphatic imine (C=N–C) groups is 1. The van der Waals surface area contributed by atoms with Crippen molar-refractivity contribution in [3.63, 3.8) is 0 Å². The number of carbonyl (C=O) groups excluding carboxylic acids is 1. The lowest BCUT2D eigenvalue weighted by Crippen LogP contribution is -2.44. The van der Waals surface area contributed by atoms with Crippen molar-refractivity contribution in [2.75, 3.05) is 7.11 Å². The van der Waals surface area contributed by atoms with E-state index in [4.69, 9.17) is 20.2 Å². The summed E-state index contributed by atoms with van der Waals surface area (Å²) in [4.78, 5) is 18.1. The summed E-state index contributed by atoms with van der Waals surface area (Å²) in [5, 5.41) is 0. The summed E-state index contributed by atoms with van der Waals surface area (Å²) < 4.78 is 11.6. The first kappa shape index (κ1) is 23.2. The monoisotopic (exact) mass is 430 g/mol. The molecule has 32 heavy (non-hydrogen) atoms. The van der Waals surface area contributed by atoms with Gasteiger partial charge in [-0.1, -0.05) is 86.6 Å². The quantitative estimate of drug-likeness (QED) is 0.568. The van der Waals surface area contributed by atoms with Crippen LogP contribution < -0.4 is 5.73 Å². The van der Waals surface area contributed by atoms with E-state index in [-0.39, 0.29) is 0 Å². The largest absolute Gasteiger partial charge is 0.467 e. The van der Waals surface area contributed by atoms with Crippen LogP contribution in [0, 0.1) is 0 Å². The average Bonchev–Trinajstić information content (AvgIpc) is 3.26. The van der Waals surface area contributed by atoms with E-state index in [1.54, 1.807) is 0 Å². The fourth-order valence-electron chi connectivity index (χ4n) is 3.93. The Morgan fingerprint density at radius 3 is 2.19 bits per heavy atom. The van der Waals surface area contributed by atoms with Crippen molar-refractivity contribution in [3.05, 3.63) is 107 Å². The first-order chi connectivity index (χ1) is 15.7. The molecule has 0 bridgehead atoms. The van der Waals surface area contributed by atoms with Crippen molar-refractivity contribution in [2.24, 2.45) is 10.7 Å². The highest BCUT2D eigenvalue weighted by molar-refractivity contribution is 5.99. The average molecular weight is 431 g/mol. The fourth-order valence-corrected chi connectivity index (χ4v) is 3.93. The highest BCUT2D eigenvalue weighted by Crippen LogP contribution is 2.43. The zero-order chi connectivity index (χ0) is 23.0. The molecule has 1 heterocycles. The normalized spacial score (nSPS) is 19.2. The molecule has 2 N–H and O–H groups in total. The molecule has 0 saturated carbocycles. The molecule has 0 spiro atoms. The highest BCUT2D eigenvalue weighted by atomic mass is 16.5. The molecular formula is C27H30N2O3. The standard InChI is InChI=1S/C25H24N2O3.C2H6/c1-29-24(28)25(16-18-10-4-2-5-11-18)22(21-15-9-8-14-20(21)17-26)30-23(27-25)19-12-6-3-7-13-19;1-2/h2-15,22H,16-17,26H2,1H3;1-2H3/t22?,25-;/m1./s1. The Morgan fingerprint density at radius 1 is 0.969 bits per heavy atom. The van der Waals surface area contributed by atoms with E-state index >= 15 is 0 Å². The molecule has 0 radical (unpaired) electrons. The molecule has 2 atom stereocenters. The van der Waals surface area contributed by atoms with Crippen LogP contribution >= 0.6 is 0 Å². The fraction of sp³-hybridized carbons (Fsp3) is 0.259. The summed E-state index contributed by atoms with van der Waals surface area (Å²) in [5.74, 6) is -0.0112. The third kappa shape index (κ3) is 4.58. The molecule has 0 aromatic heterocycles. The number of rotatable bonds is 6. The van der Waals surface area contributed by atoms with Crippen molar-refractivity contribution < 1.29 is 14.3 Å². The van der Waals surface area contributed by atoms with Gasteiger partial charge in [0.2, 0.25) is 11.4 Å². The number of hydrogen-bond acceptors (Lipinski definition) is 5. The van der Waals surface area contributed by atoms with Gasteiger partial charge in [-0.15, -0.1) is 0 Å². The van der Waals surface area contributed by atoms with E-state index in [9.17, 15) is 4.79 Å². The van der Waals surface area contributed by atoms with Gasteiger partial charge in [-0.3, -0.25) is 0 Å². The minimum atomic E-state index is -1.26. The predicted molar refractivity (Wildman–Crippen MR) is 127 cm³/mol. The Hall–Kier alpha value is -3.44. The van der Waals surface area contributed by atoms with Gasteiger partial charge >= 0.3 is 5.97 Å². The van der Waals surface area contributed by atoms with Gasteiger partial charge in [0.05, 0.1) is 7.11 Å². The van der Waals surface area contributed by atoms with Crippen LogP contribution in [-0.4, -0.2) is 24.5 Å². The third-order valence-corrected chi connectivity index (χ3v) is 5.40. The number of nitrogens with zero attached hydrogens (tertiary/aromatic N) is 1. The Labute approximate surface area is 189 Å². The highest BCUT2D eigenvalue weighted by Gasteiger charge is 2.54. The second-order valence-corrected chi connectivity index (χ2v) is 7.26. The molecule has 0 saturated heterocycles. The maximum absolute atomic E-state index is 13.3. The van der Waals surface area contributed by atoms with Crippen molar-refractivity contribution in [1.29, 1.82) is 0 Å². The van der Waals surface area contributed by atoms with Gasteiger partial charge in [-0.05, 0) is 28.8 Å². The zero-order valence-electron chi connectivity index (χ0n) is 18.8. The predicted octanol–water partition coefficient (Wildman–Crippen LogP) is 4.84. The summed E-state index contributed by atoms with van der Waals surface area (Å²) in [5.41, 5.74) is 8.28. The Bertz CT molecular complexity index is 1050. The number of benzene rings is 3. The van der Waals surface area contributed by atoms with Gasteiger partial charge in [0.1, 0.15) is 0 Å². The van der Waals surface area contributed by atoms with E-state index in [2.05, 4.69) is 0 Å². The van der Waals surface area contributed by atoms with Crippen molar-refractivity contribution in [1.82, 2.24) is 0 Å². The summed E-state index contributed by atoms with van der Waals surface area (Å²) in [6.45, 7) is 4.33. The minimum Gasteiger partial charge on any atom is -0.467 e. The van der Waals surface area contributed by atoms with E-state index < -0.39 is 17.6 Å². The van der Waals surface area contributed by atoms with Crippen LogP contribution in [0.3, 0.4) is 0 Å². The SMILES string of the molecule is CC.COC(=O)[C@]1(Cc2ccccc2)N=C(c2ccccc2)OC1c1ccccc1CN. The van der Waals surface area contributed by atoms with Crippen LogP contribution in [0.1, 0.15) is 42.2 Å². The molecule has 1 unspecified atom stereocenters. The molecule has 0 amide bonds. The lowest BCUT2D eigenvalue weighted by Gasteiger charge is -2.30. The van der Waals surface area contributed by atoms with Crippen LogP contribution in [0.4, 0.5) is 0 Å². The minimum absolute atomic E-state index is 0.333. The summed E-state index contributed by atoms with van der Waals surface area (Å²) >= 11 is 0. The second-order valence-electron chi connectivity index (χ2n) is 7.26. The van der Waals surface area contributed by atoms with Gasteiger partial charge in [0.15, 0.2) is 6.10 Å². The third-order valence-electron chi connectivity index (χ3n) is 5.40. The topological polar surface area (TPSA) is 73.9 Å². The first-order valence-electron chi connectivity index (χ1n) is 10.9. The number of ether oxygens (including phenoxy) is 2. The molecule has 1 aliphatic heterocycles. The summed E-state index contributed by atoms with van der Waals surface area (Å²) in [6, 6.07) is 27.1. The van der Waals surface area contributed by atoms with Crippen LogP contribution in [-0.2, 0) is 27.2 Å². The molecular weight excluding hydrogens is 400 g/mol. The molecule has 5 nitrogen and oxygen atoms in total. The molecule has 5 heteroatoms. The maximum atomic E-state index is 13.3. The van der Waals surface area contributed by atoms with Crippen LogP contribution in [0.25, 0.3) is 0 Å². The molecule has 3 aromatic carbocycles. The number of methoxy groups -OCH3 is 1. The molecule has 0 aliphatic carbocycles. The van der Waals surface area contributed by atoms with Crippen molar-refractivity contribution in [3.8, 4) is 0 Å². The molecule has 4 rings (SSSR count). The van der Waals surface area contributed by atoms with E-state index in [0.29, 0.717) is 18.9 Å². The first-order valence-corrected chi connectivity index (χ1v) is 10.9. The Kier molecular flexibility index (Phi) is 7.79. The number of nitrogens with two attached hydrogens (primary N) is 1. The number of hydrogen-bond donors (Lipinski definition) is 1. The molecule has 0 fully saturated rings. The number of carbonyl (C=O) groups is 1. The van der Waals surface area contributed by atoms with E-state index in [0.717, 1.165) is 22.3 Å². The summed E-state index contributed by atoms with van der Waals surface area (Å²) in [7, 11) is 1.39. The smallest absolute Gasteiger partial charge is 0.338 e. The Balaban J connectivity index is 0.00000141.